The highest BCUT2D eigenvalue weighted by Crippen LogP contribution is 2.30. The first-order valence-corrected chi connectivity index (χ1v) is 9.92. The van der Waals surface area contributed by atoms with Gasteiger partial charge in [0.05, 0.1) is 26.6 Å². The molecule has 0 unspecified atom stereocenters. The maximum atomic E-state index is 5.73. The SMILES string of the molecule is COc1cc(C=NNc2nn[nH]n2)ccc1OCOc1ccc(/C=N/Nc2nn[nH]n2)cc1OC. The average molecular weight is 480 g/mol. The molecule has 2 heterocycles. The molecule has 2 aromatic heterocycles. The fourth-order valence-corrected chi connectivity index (χ4v) is 2.67. The highest BCUT2D eigenvalue weighted by atomic mass is 16.7. The van der Waals surface area contributed by atoms with E-state index in [9.17, 15) is 0 Å². The summed E-state index contributed by atoms with van der Waals surface area (Å²) in [4.78, 5) is 0. The lowest BCUT2D eigenvalue weighted by Crippen LogP contribution is -2.08. The van der Waals surface area contributed by atoms with Gasteiger partial charge in [-0.1, -0.05) is 10.2 Å². The van der Waals surface area contributed by atoms with Gasteiger partial charge in [-0.2, -0.15) is 20.6 Å². The number of tetrazole rings is 2. The van der Waals surface area contributed by atoms with Gasteiger partial charge >= 0.3 is 0 Å². The number of aromatic amines is 2. The Kier molecular flexibility index (Phi) is 7.55. The first kappa shape index (κ1) is 22.9. The highest BCUT2D eigenvalue weighted by Gasteiger charge is 2.09. The van der Waals surface area contributed by atoms with Gasteiger partial charge in [0.1, 0.15) is 0 Å². The zero-order valence-electron chi connectivity index (χ0n) is 18.5. The van der Waals surface area contributed by atoms with Crippen LogP contribution in [0.25, 0.3) is 0 Å². The lowest BCUT2D eigenvalue weighted by Gasteiger charge is -2.14. The molecule has 0 radical (unpaired) electrons. The molecule has 16 heteroatoms. The normalized spacial score (nSPS) is 11.0. The van der Waals surface area contributed by atoms with Crippen molar-refractivity contribution in [3.8, 4) is 23.0 Å². The minimum atomic E-state index is -0.0770. The highest BCUT2D eigenvalue weighted by molar-refractivity contribution is 5.82. The standard InChI is InChI=1S/C19H20N12O4/c1-32-16-7-12(9-20-22-18-24-28-29-25-18)3-5-14(16)34-11-35-15-6-4-13(8-17(15)33-2)10-21-23-19-26-30-31-27-19/h3-10H,11H2,1-2H3,(H2,22,24,25,28,29)(H2,23,26,27,30,31)/b20-9+,21-10?. The van der Waals surface area contributed by atoms with Gasteiger partial charge in [-0.3, -0.25) is 0 Å². The number of nitrogens with one attached hydrogen (secondary N) is 4. The van der Waals surface area contributed by atoms with Crippen LogP contribution in [0.1, 0.15) is 11.1 Å². The maximum Gasteiger partial charge on any atom is 0.283 e. The van der Waals surface area contributed by atoms with Crippen LogP contribution in [0.15, 0.2) is 46.6 Å². The predicted molar refractivity (Wildman–Crippen MR) is 123 cm³/mol. The molecule has 0 atom stereocenters. The van der Waals surface area contributed by atoms with Crippen LogP contribution in [0.5, 0.6) is 23.0 Å². The molecule has 0 aliphatic carbocycles. The topological polar surface area (TPSA) is 195 Å². The molecule has 0 fully saturated rings. The number of rotatable bonds is 12. The fraction of sp³-hybridized carbons (Fsp3) is 0.158. The molecule has 0 saturated carbocycles. The number of hydrogen-bond acceptors (Lipinski definition) is 14. The predicted octanol–water partition coefficient (Wildman–Crippen LogP) is 1.04. The zero-order chi connectivity index (χ0) is 24.3. The van der Waals surface area contributed by atoms with Gasteiger partial charge in [-0.15, -0.1) is 10.2 Å². The van der Waals surface area contributed by atoms with Gasteiger partial charge in [0, 0.05) is 0 Å². The van der Waals surface area contributed by atoms with Crippen molar-refractivity contribution in [3.05, 3.63) is 47.5 Å². The van der Waals surface area contributed by atoms with E-state index in [1.54, 1.807) is 63.0 Å². The number of aromatic nitrogens is 8. The molecule has 0 saturated heterocycles. The Hall–Kier alpha value is -5.28. The summed E-state index contributed by atoms with van der Waals surface area (Å²) < 4.78 is 22.3. The largest absolute Gasteiger partial charge is 0.493 e. The second-order valence-corrected chi connectivity index (χ2v) is 6.44. The third-order valence-electron chi connectivity index (χ3n) is 4.25. The van der Waals surface area contributed by atoms with Gasteiger partial charge < -0.3 is 18.9 Å². The van der Waals surface area contributed by atoms with Crippen molar-refractivity contribution >= 4 is 24.3 Å². The van der Waals surface area contributed by atoms with Gasteiger partial charge in [-0.05, 0) is 58.0 Å². The molecule has 0 amide bonds. The Morgan fingerprint density at radius 1 is 0.743 bits per heavy atom. The summed E-state index contributed by atoms with van der Waals surface area (Å²) in [5, 5.41) is 34.5. The molecule has 0 aliphatic rings. The summed E-state index contributed by atoms with van der Waals surface area (Å²) >= 11 is 0. The summed E-state index contributed by atoms with van der Waals surface area (Å²) in [5.74, 6) is 2.50. The molecule has 0 spiro atoms. The number of methoxy groups -OCH3 is 2. The number of hydrazone groups is 2. The second-order valence-electron chi connectivity index (χ2n) is 6.44. The molecule has 0 bridgehead atoms. The summed E-state index contributed by atoms with van der Waals surface area (Å²) in [5.41, 5.74) is 6.80. The quantitative estimate of drug-likeness (QED) is 0.128. The van der Waals surface area contributed by atoms with Crippen LogP contribution in [0.4, 0.5) is 11.9 Å². The van der Waals surface area contributed by atoms with E-state index in [-0.39, 0.29) is 18.7 Å². The molecule has 2 aromatic carbocycles. The van der Waals surface area contributed by atoms with Crippen molar-refractivity contribution in [1.29, 1.82) is 0 Å². The Balaban J connectivity index is 1.32. The lowest BCUT2D eigenvalue weighted by atomic mass is 10.2. The van der Waals surface area contributed by atoms with E-state index in [2.05, 4.69) is 62.3 Å². The second kappa shape index (κ2) is 11.5. The van der Waals surface area contributed by atoms with Crippen LogP contribution in [-0.4, -0.2) is 74.7 Å². The van der Waals surface area contributed by atoms with Crippen LogP contribution in [0.3, 0.4) is 0 Å². The Bertz CT molecular complexity index is 1160. The summed E-state index contributed by atoms with van der Waals surface area (Å²) in [6.45, 7) is -0.0770. The Morgan fingerprint density at radius 2 is 1.23 bits per heavy atom. The minimum Gasteiger partial charge on any atom is -0.493 e. The van der Waals surface area contributed by atoms with Crippen LogP contribution < -0.4 is 29.8 Å². The number of ether oxygens (including phenoxy) is 4. The number of anilines is 2. The number of hydrogen-bond donors (Lipinski definition) is 4. The van der Waals surface area contributed by atoms with E-state index in [1.807, 2.05) is 0 Å². The molecule has 0 aliphatic heterocycles. The van der Waals surface area contributed by atoms with Crippen molar-refractivity contribution in [2.75, 3.05) is 31.9 Å². The van der Waals surface area contributed by atoms with Crippen LogP contribution in [0.2, 0.25) is 0 Å². The van der Waals surface area contributed by atoms with Crippen LogP contribution in [0, 0.1) is 0 Å². The van der Waals surface area contributed by atoms with E-state index in [4.69, 9.17) is 18.9 Å². The van der Waals surface area contributed by atoms with Crippen molar-refractivity contribution in [2.24, 2.45) is 10.2 Å². The molecule has 16 nitrogen and oxygen atoms in total. The third kappa shape index (κ3) is 6.37. The first-order chi connectivity index (χ1) is 17.2. The number of benzene rings is 2. The van der Waals surface area contributed by atoms with Gasteiger partial charge in [0.25, 0.3) is 11.9 Å². The Morgan fingerprint density at radius 3 is 1.63 bits per heavy atom. The maximum absolute atomic E-state index is 5.73. The van der Waals surface area contributed by atoms with Gasteiger partial charge in [-0.25, -0.2) is 10.9 Å². The first-order valence-electron chi connectivity index (χ1n) is 9.92. The molecular formula is C19H20N12O4. The van der Waals surface area contributed by atoms with E-state index < -0.39 is 0 Å². The molecular weight excluding hydrogens is 460 g/mol. The van der Waals surface area contributed by atoms with E-state index in [1.165, 1.54) is 0 Å². The molecule has 4 N–H and O–H groups in total. The van der Waals surface area contributed by atoms with Crippen molar-refractivity contribution in [2.45, 2.75) is 0 Å². The number of nitrogens with zero attached hydrogens (tertiary/aromatic N) is 8. The zero-order valence-corrected chi connectivity index (χ0v) is 18.5. The minimum absolute atomic E-state index is 0.0770. The lowest BCUT2D eigenvalue weighted by molar-refractivity contribution is 0.113. The van der Waals surface area contributed by atoms with E-state index in [0.29, 0.717) is 23.0 Å². The summed E-state index contributed by atoms with van der Waals surface area (Å²) in [6, 6.07) is 10.6. The molecule has 4 rings (SSSR count). The van der Waals surface area contributed by atoms with E-state index in [0.717, 1.165) is 11.1 Å². The third-order valence-corrected chi connectivity index (χ3v) is 4.25. The molecule has 4 aromatic rings. The monoisotopic (exact) mass is 480 g/mol. The van der Waals surface area contributed by atoms with Crippen molar-refractivity contribution in [3.63, 3.8) is 0 Å². The fourth-order valence-electron chi connectivity index (χ4n) is 2.67. The van der Waals surface area contributed by atoms with Gasteiger partial charge in [0.2, 0.25) is 6.79 Å². The number of H-pyrrole nitrogens is 2. The summed E-state index contributed by atoms with van der Waals surface area (Å²) in [7, 11) is 3.08. The molecule has 35 heavy (non-hydrogen) atoms. The van der Waals surface area contributed by atoms with Crippen LogP contribution in [-0.2, 0) is 0 Å². The van der Waals surface area contributed by atoms with Gasteiger partial charge in [0.15, 0.2) is 23.0 Å². The Labute approximate surface area is 197 Å². The van der Waals surface area contributed by atoms with Crippen molar-refractivity contribution in [1.82, 2.24) is 41.2 Å². The molecule has 180 valence electrons. The van der Waals surface area contributed by atoms with E-state index >= 15 is 0 Å². The summed E-state index contributed by atoms with van der Waals surface area (Å²) in [6.07, 6.45) is 3.15. The van der Waals surface area contributed by atoms with Crippen molar-refractivity contribution < 1.29 is 18.9 Å². The average Bonchev–Trinajstić information content (AvgIpc) is 3.60. The van der Waals surface area contributed by atoms with Crippen LogP contribution >= 0.6 is 0 Å². The smallest absolute Gasteiger partial charge is 0.283 e.